The van der Waals surface area contributed by atoms with Crippen molar-refractivity contribution in [3.63, 3.8) is 0 Å². The van der Waals surface area contributed by atoms with Crippen LogP contribution in [0.25, 0.3) is 11.4 Å². The summed E-state index contributed by atoms with van der Waals surface area (Å²) in [7, 11) is 0. The average molecular weight is 430 g/mol. The van der Waals surface area contributed by atoms with Crippen molar-refractivity contribution in [2.24, 2.45) is 0 Å². The van der Waals surface area contributed by atoms with Crippen molar-refractivity contribution in [3.8, 4) is 17.1 Å². The van der Waals surface area contributed by atoms with Crippen molar-refractivity contribution in [1.82, 2.24) is 15.0 Å². The predicted octanol–water partition coefficient (Wildman–Crippen LogP) is 4.70. The molecule has 2 heterocycles. The van der Waals surface area contributed by atoms with Crippen LogP contribution in [0.3, 0.4) is 0 Å². The summed E-state index contributed by atoms with van der Waals surface area (Å²) in [6.07, 6.45) is 0.968. The van der Waals surface area contributed by atoms with Gasteiger partial charge in [-0.3, -0.25) is 4.79 Å². The Labute approximate surface area is 178 Å². The molecule has 1 fully saturated rings. The maximum absolute atomic E-state index is 13.5. The Balaban J connectivity index is 1.43. The van der Waals surface area contributed by atoms with Crippen molar-refractivity contribution in [3.05, 3.63) is 65.3 Å². The zero-order valence-electron chi connectivity index (χ0n) is 16.4. The summed E-state index contributed by atoms with van der Waals surface area (Å²) in [5, 5.41) is 4.44. The maximum atomic E-state index is 13.5. The van der Waals surface area contributed by atoms with Gasteiger partial charge in [0, 0.05) is 18.7 Å². The van der Waals surface area contributed by atoms with Gasteiger partial charge in [0.25, 0.3) is 5.91 Å². The Morgan fingerprint density at radius 2 is 2.13 bits per heavy atom. The van der Waals surface area contributed by atoms with Gasteiger partial charge in [-0.2, -0.15) is 4.98 Å². The molecule has 0 aliphatic carbocycles. The predicted molar refractivity (Wildman–Crippen MR) is 110 cm³/mol. The van der Waals surface area contributed by atoms with E-state index in [0.717, 1.165) is 12.8 Å². The lowest BCUT2D eigenvalue weighted by Gasteiger charge is -2.32. The third-order valence-electron chi connectivity index (χ3n) is 5.10. The van der Waals surface area contributed by atoms with Gasteiger partial charge in [0.1, 0.15) is 11.6 Å². The minimum Gasteiger partial charge on any atom is -0.479 e. The lowest BCUT2D eigenvalue weighted by atomic mass is 9.97. The second-order valence-corrected chi connectivity index (χ2v) is 7.69. The first-order valence-corrected chi connectivity index (χ1v) is 10.2. The van der Waals surface area contributed by atoms with Gasteiger partial charge in [0.2, 0.25) is 11.7 Å². The number of benzene rings is 2. The van der Waals surface area contributed by atoms with Crippen molar-refractivity contribution in [2.75, 3.05) is 13.1 Å². The molecule has 30 heavy (non-hydrogen) atoms. The average Bonchev–Trinajstić information content (AvgIpc) is 3.25. The molecule has 0 bridgehead atoms. The molecule has 0 radical (unpaired) electrons. The van der Waals surface area contributed by atoms with Crippen molar-refractivity contribution < 1.29 is 18.4 Å². The lowest BCUT2D eigenvalue weighted by molar-refractivity contribution is -0.139. The molecule has 3 aromatic rings. The SMILES string of the molecule is CC(Oc1ccccc1Cl)C(=O)N1CCCC(c2nc(-c3cccc(F)c3)no2)C1. The van der Waals surface area contributed by atoms with E-state index in [1.165, 1.54) is 12.1 Å². The van der Waals surface area contributed by atoms with Crippen LogP contribution in [-0.4, -0.2) is 40.1 Å². The number of halogens is 2. The number of carbonyl (C=O) groups is 1. The van der Waals surface area contributed by atoms with Crippen LogP contribution in [0, 0.1) is 5.82 Å². The molecule has 1 amide bonds. The minimum absolute atomic E-state index is 0.0787. The standard InChI is InChI=1S/C22H21ClFN3O3/c1-14(29-19-10-3-2-9-18(19)23)22(28)27-11-5-7-16(13-27)21-25-20(26-30-21)15-6-4-8-17(24)12-15/h2-4,6,8-10,12,14,16H,5,7,11,13H2,1H3. The molecule has 8 heteroatoms. The number of ether oxygens (including phenoxy) is 1. The van der Waals surface area contributed by atoms with Crippen LogP contribution in [0.4, 0.5) is 4.39 Å². The summed E-state index contributed by atoms with van der Waals surface area (Å²) in [4.78, 5) is 19.1. The number of para-hydroxylation sites is 1. The van der Waals surface area contributed by atoms with Gasteiger partial charge in [-0.15, -0.1) is 0 Å². The molecule has 1 saturated heterocycles. The van der Waals surface area contributed by atoms with E-state index < -0.39 is 6.10 Å². The molecule has 0 saturated carbocycles. The monoisotopic (exact) mass is 429 g/mol. The fourth-order valence-corrected chi connectivity index (χ4v) is 3.74. The molecule has 2 atom stereocenters. The molecule has 156 valence electrons. The summed E-state index contributed by atoms with van der Waals surface area (Å²) < 4.78 is 24.7. The van der Waals surface area contributed by atoms with Crippen molar-refractivity contribution in [2.45, 2.75) is 31.8 Å². The summed E-state index contributed by atoms with van der Waals surface area (Å²) in [6, 6.07) is 13.1. The zero-order valence-corrected chi connectivity index (χ0v) is 17.2. The molecule has 0 spiro atoms. The molecule has 1 aliphatic rings. The van der Waals surface area contributed by atoms with E-state index in [1.54, 1.807) is 48.2 Å². The zero-order chi connectivity index (χ0) is 21.1. The fourth-order valence-electron chi connectivity index (χ4n) is 3.56. The Morgan fingerprint density at radius 3 is 2.93 bits per heavy atom. The Morgan fingerprint density at radius 1 is 1.30 bits per heavy atom. The van der Waals surface area contributed by atoms with Crippen LogP contribution in [0.1, 0.15) is 31.6 Å². The highest BCUT2D eigenvalue weighted by Crippen LogP contribution is 2.29. The Hall–Kier alpha value is -2.93. The number of rotatable bonds is 5. The number of amides is 1. The van der Waals surface area contributed by atoms with Crippen LogP contribution in [0.5, 0.6) is 5.75 Å². The molecule has 1 aromatic heterocycles. The van der Waals surface area contributed by atoms with Crippen molar-refractivity contribution in [1.29, 1.82) is 0 Å². The summed E-state index contributed by atoms with van der Waals surface area (Å²) in [5.41, 5.74) is 0.551. The number of aromatic nitrogens is 2. The fraction of sp³-hybridized carbons (Fsp3) is 0.318. The summed E-state index contributed by atoms with van der Waals surface area (Å²) in [6.45, 7) is 2.81. The molecule has 1 aliphatic heterocycles. The lowest BCUT2D eigenvalue weighted by Crippen LogP contribution is -2.45. The van der Waals surface area contributed by atoms with E-state index in [0.29, 0.717) is 41.1 Å². The first-order chi connectivity index (χ1) is 14.5. The molecule has 2 aromatic carbocycles. The van der Waals surface area contributed by atoms with E-state index in [9.17, 15) is 9.18 Å². The second kappa shape index (κ2) is 8.83. The number of hydrogen-bond acceptors (Lipinski definition) is 5. The highest BCUT2D eigenvalue weighted by Gasteiger charge is 2.31. The van der Waals surface area contributed by atoms with Gasteiger partial charge in [-0.05, 0) is 44.0 Å². The molecule has 2 unspecified atom stereocenters. The van der Waals surface area contributed by atoms with Gasteiger partial charge >= 0.3 is 0 Å². The topological polar surface area (TPSA) is 68.5 Å². The third-order valence-corrected chi connectivity index (χ3v) is 5.41. The largest absolute Gasteiger partial charge is 0.479 e. The van der Waals surface area contributed by atoms with Gasteiger partial charge in [0.15, 0.2) is 6.10 Å². The maximum Gasteiger partial charge on any atom is 0.263 e. The van der Waals surface area contributed by atoms with E-state index in [4.69, 9.17) is 20.9 Å². The van der Waals surface area contributed by atoms with Crippen LogP contribution in [0.15, 0.2) is 53.1 Å². The number of piperidine rings is 1. The normalized spacial score (nSPS) is 17.6. The van der Waals surface area contributed by atoms with E-state index in [1.807, 2.05) is 0 Å². The van der Waals surface area contributed by atoms with E-state index in [2.05, 4.69) is 10.1 Å². The summed E-state index contributed by atoms with van der Waals surface area (Å²) >= 11 is 6.12. The summed E-state index contributed by atoms with van der Waals surface area (Å²) in [5.74, 6) is 0.704. The first-order valence-electron chi connectivity index (χ1n) is 9.81. The Kier molecular flexibility index (Phi) is 5.99. The van der Waals surface area contributed by atoms with Crippen LogP contribution in [0.2, 0.25) is 5.02 Å². The smallest absolute Gasteiger partial charge is 0.263 e. The quantitative estimate of drug-likeness (QED) is 0.588. The van der Waals surface area contributed by atoms with Gasteiger partial charge in [-0.25, -0.2) is 4.39 Å². The molecule has 0 N–H and O–H groups in total. The van der Waals surface area contributed by atoms with Crippen LogP contribution < -0.4 is 4.74 Å². The number of likely N-dealkylation sites (tertiary alicyclic amines) is 1. The highest BCUT2D eigenvalue weighted by molar-refractivity contribution is 6.32. The van der Waals surface area contributed by atoms with Gasteiger partial charge in [-0.1, -0.05) is 41.0 Å². The van der Waals surface area contributed by atoms with Crippen molar-refractivity contribution >= 4 is 17.5 Å². The first kappa shape index (κ1) is 20.3. The molecular formula is C22H21ClFN3O3. The molecular weight excluding hydrogens is 409 g/mol. The van der Waals surface area contributed by atoms with Crippen LogP contribution >= 0.6 is 11.6 Å². The number of nitrogens with zero attached hydrogens (tertiary/aromatic N) is 3. The van der Waals surface area contributed by atoms with Gasteiger partial charge < -0.3 is 14.2 Å². The number of carbonyl (C=O) groups excluding carboxylic acids is 1. The molecule has 6 nitrogen and oxygen atoms in total. The van der Waals surface area contributed by atoms with E-state index >= 15 is 0 Å². The van der Waals surface area contributed by atoms with E-state index in [-0.39, 0.29) is 17.6 Å². The van der Waals surface area contributed by atoms with Gasteiger partial charge in [0.05, 0.1) is 10.9 Å². The highest BCUT2D eigenvalue weighted by atomic mass is 35.5. The minimum atomic E-state index is -0.672. The molecule has 4 rings (SSSR count). The third kappa shape index (κ3) is 4.46. The van der Waals surface area contributed by atoms with Crippen LogP contribution in [-0.2, 0) is 4.79 Å². The number of hydrogen-bond donors (Lipinski definition) is 0. The second-order valence-electron chi connectivity index (χ2n) is 7.28. The Bertz CT molecular complexity index is 1040.